The van der Waals surface area contributed by atoms with E-state index in [1.165, 1.54) is 18.3 Å². The molecule has 222 valence electrons. The fraction of sp³-hybridized carbons (Fsp3) is 0.667. The van der Waals surface area contributed by atoms with Crippen molar-refractivity contribution in [3.05, 3.63) is 33.3 Å². The van der Waals surface area contributed by atoms with Gasteiger partial charge in [0.2, 0.25) is 5.91 Å². The van der Waals surface area contributed by atoms with Gasteiger partial charge in [-0.25, -0.2) is 4.98 Å². The topological polar surface area (TPSA) is 138 Å². The van der Waals surface area contributed by atoms with Crippen molar-refractivity contribution in [1.29, 1.82) is 0 Å². The number of amides is 1. The van der Waals surface area contributed by atoms with E-state index in [4.69, 9.17) is 9.47 Å². The van der Waals surface area contributed by atoms with Crippen LogP contribution in [0, 0.1) is 24.2 Å². The smallest absolute Gasteiger partial charge is 0.309 e. The fourth-order valence-corrected chi connectivity index (χ4v) is 5.79. The molecule has 1 saturated heterocycles. The number of epoxide rings is 1. The van der Waals surface area contributed by atoms with Crippen LogP contribution in [0.2, 0.25) is 0 Å². The first-order valence-electron chi connectivity index (χ1n) is 14.0. The predicted octanol–water partition coefficient (Wildman–Crippen LogP) is 3.76. The van der Waals surface area contributed by atoms with Gasteiger partial charge in [-0.3, -0.25) is 14.4 Å². The fourth-order valence-electron chi connectivity index (χ4n) is 5.22. The highest BCUT2D eigenvalue weighted by molar-refractivity contribution is 7.09. The van der Waals surface area contributed by atoms with Gasteiger partial charge in [0.05, 0.1) is 47.0 Å². The number of Topliss-reactive ketones (excluding diaryl/α,β-unsaturated/α-hetero) is 1. The van der Waals surface area contributed by atoms with Crippen LogP contribution in [-0.2, 0) is 23.9 Å². The van der Waals surface area contributed by atoms with E-state index in [1.54, 1.807) is 13.8 Å². The van der Waals surface area contributed by atoms with Gasteiger partial charge in [0, 0.05) is 31.2 Å². The summed E-state index contributed by atoms with van der Waals surface area (Å²) in [6.45, 7) is 12.7. The molecule has 1 aliphatic carbocycles. The lowest BCUT2D eigenvalue weighted by atomic mass is 9.67. The Kier molecular flexibility index (Phi) is 10.8. The largest absolute Gasteiger partial charge is 0.458 e. The van der Waals surface area contributed by atoms with E-state index in [1.807, 2.05) is 45.2 Å². The lowest BCUT2D eigenvalue weighted by molar-refractivity contribution is -0.155. The zero-order valence-corrected chi connectivity index (χ0v) is 25.4. The van der Waals surface area contributed by atoms with Crippen molar-refractivity contribution < 1.29 is 34.1 Å². The van der Waals surface area contributed by atoms with E-state index in [9.17, 15) is 24.6 Å². The van der Waals surface area contributed by atoms with E-state index in [0.29, 0.717) is 25.8 Å². The van der Waals surface area contributed by atoms with Crippen LogP contribution < -0.4 is 5.32 Å². The minimum absolute atomic E-state index is 0.0102. The Bertz CT molecular complexity index is 1140. The van der Waals surface area contributed by atoms with E-state index in [0.717, 1.165) is 21.8 Å². The normalized spacial score (nSPS) is 27.7. The molecule has 3 rings (SSSR count). The number of hydrogen-bond acceptors (Lipinski definition) is 9. The Balaban J connectivity index is 1.67. The molecule has 7 atom stereocenters. The Labute approximate surface area is 241 Å². The summed E-state index contributed by atoms with van der Waals surface area (Å²) in [6, 6.07) is 0. The molecule has 0 aromatic carbocycles. The molecule has 0 radical (unpaired) electrons. The molecule has 1 amide bonds. The maximum absolute atomic E-state index is 13.7. The molecular weight excluding hydrogens is 532 g/mol. The summed E-state index contributed by atoms with van der Waals surface area (Å²) in [5.74, 6) is -1.93. The number of nitrogens with one attached hydrogen (secondary N) is 1. The number of carbonyl (C=O) groups excluding carboxylic acids is 3. The number of thiazole rings is 1. The van der Waals surface area contributed by atoms with Crippen LogP contribution in [0.15, 0.2) is 22.6 Å². The third-order valence-corrected chi connectivity index (χ3v) is 8.84. The van der Waals surface area contributed by atoms with Gasteiger partial charge in [0.25, 0.3) is 0 Å². The lowest BCUT2D eigenvalue weighted by Crippen LogP contribution is -2.48. The Morgan fingerprint density at radius 1 is 1.27 bits per heavy atom. The highest BCUT2D eigenvalue weighted by atomic mass is 32.1. The first-order chi connectivity index (χ1) is 18.7. The minimum atomic E-state index is -1.30. The van der Waals surface area contributed by atoms with Crippen LogP contribution in [0.5, 0.6) is 0 Å². The second-order valence-electron chi connectivity index (χ2n) is 11.9. The van der Waals surface area contributed by atoms with Crippen LogP contribution in [0.25, 0.3) is 6.08 Å². The first kappa shape index (κ1) is 32.1. The average molecular weight is 577 g/mol. The van der Waals surface area contributed by atoms with E-state index >= 15 is 0 Å². The summed E-state index contributed by atoms with van der Waals surface area (Å²) < 4.78 is 11.4. The molecule has 1 aromatic heterocycles. The van der Waals surface area contributed by atoms with Crippen molar-refractivity contribution in [3.8, 4) is 0 Å². The molecular formula is C30H44N2O7S. The van der Waals surface area contributed by atoms with Gasteiger partial charge in [0.1, 0.15) is 11.9 Å². The number of hydrogen-bond donors (Lipinski definition) is 3. The number of nitrogens with zero attached hydrogens (tertiary/aromatic N) is 1. The van der Waals surface area contributed by atoms with Crippen LogP contribution in [-0.4, -0.2) is 69.9 Å². The number of aryl methyl sites for hydroxylation is 1. The SMILES string of the molecule is CC(=O)NC/C=C1\C[C@H](C)[C@H](O)[C@H](C(=O)C(C)(C)[C@@H](O)CC(=O)O[C@@H](C[C@@H]2O[C@H]2C)/C(C)=C/c2csc(C)n2)C1. The molecule has 1 aliphatic heterocycles. The van der Waals surface area contributed by atoms with Gasteiger partial charge in [-0.05, 0) is 51.2 Å². The minimum Gasteiger partial charge on any atom is -0.458 e. The maximum Gasteiger partial charge on any atom is 0.309 e. The Morgan fingerprint density at radius 3 is 2.52 bits per heavy atom. The molecule has 2 fully saturated rings. The number of ketones is 1. The number of esters is 1. The van der Waals surface area contributed by atoms with Crippen molar-refractivity contribution >= 4 is 35.1 Å². The second kappa shape index (κ2) is 13.5. The molecule has 3 N–H and O–H groups in total. The lowest BCUT2D eigenvalue weighted by Gasteiger charge is -2.39. The van der Waals surface area contributed by atoms with Gasteiger partial charge >= 0.3 is 5.97 Å². The quantitative estimate of drug-likeness (QED) is 0.194. The highest BCUT2D eigenvalue weighted by Gasteiger charge is 2.46. The van der Waals surface area contributed by atoms with Crippen molar-refractivity contribution in [1.82, 2.24) is 10.3 Å². The number of aliphatic hydroxyl groups excluding tert-OH is 2. The summed E-state index contributed by atoms with van der Waals surface area (Å²) in [6.07, 6.45) is 2.25. The van der Waals surface area contributed by atoms with Gasteiger partial charge in [-0.15, -0.1) is 11.3 Å². The number of carbonyl (C=O) groups is 3. The van der Waals surface area contributed by atoms with Crippen LogP contribution in [0.1, 0.15) is 77.9 Å². The van der Waals surface area contributed by atoms with Gasteiger partial charge in [-0.1, -0.05) is 32.4 Å². The molecule has 2 heterocycles. The number of aromatic nitrogens is 1. The first-order valence-corrected chi connectivity index (χ1v) is 14.8. The molecule has 2 aliphatic rings. The molecule has 0 spiro atoms. The van der Waals surface area contributed by atoms with Crippen molar-refractivity contribution in [2.24, 2.45) is 17.3 Å². The third kappa shape index (κ3) is 8.55. The number of ether oxygens (including phenoxy) is 2. The molecule has 0 unspecified atom stereocenters. The molecule has 0 bridgehead atoms. The molecule has 40 heavy (non-hydrogen) atoms. The Hall–Kier alpha value is -2.40. The van der Waals surface area contributed by atoms with Crippen molar-refractivity contribution in [3.63, 3.8) is 0 Å². The summed E-state index contributed by atoms with van der Waals surface area (Å²) in [4.78, 5) is 42.4. The molecule has 9 nitrogen and oxygen atoms in total. The summed E-state index contributed by atoms with van der Waals surface area (Å²) in [5, 5.41) is 27.5. The van der Waals surface area contributed by atoms with Crippen molar-refractivity contribution in [2.45, 2.75) is 105 Å². The van der Waals surface area contributed by atoms with Gasteiger partial charge < -0.3 is 25.0 Å². The highest BCUT2D eigenvalue weighted by Crippen LogP contribution is 2.39. The number of aliphatic hydroxyl groups is 2. The van der Waals surface area contributed by atoms with Crippen molar-refractivity contribution in [2.75, 3.05) is 6.54 Å². The third-order valence-electron chi connectivity index (χ3n) is 8.04. The van der Waals surface area contributed by atoms with Crippen LogP contribution in [0.4, 0.5) is 0 Å². The van der Waals surface area contributed by atoms with Gasteiger partial charge in [-0.2, -0.15) is 0 Å². The van der Waals surface area contributed by atoms with E-state index in [-0.39, 0.29) is 36.2 Å². The zero-order chi connectivity index (χ0) is 29.8. The van der Waals surface area contributed by atoms with Crippen LogP contribution in [0.3, 0.4) is 0 Å². The monoisotopic (exact) mass is 576 g/mol. The molecule has 10 heteroatoms. The maximum atomic E-state index is 13.7. The summed E-state index contributed by atoms with van der Waals surface area (Å²) in [7, 11) is 0. The number of rotatable bonds is 12. The standard InChI is InChI=1S/C30H44N2O7S/c1-16(11-22-15-40-20(5)32-22)24(13-25-18(3)38-25)39-27(35)14-26(34)30(6,7)29(37)23-12-21(8-9-31-19(4)33)10-17(2)28(23)36/h8,11,15,17-18,23-26,28,34,36H,9-10,12-14H2,1-7H3,(H,31,33)/b16-11+,21-8+/t17-,18-,23+,24-,25-,26-,28-/m0/s1. The number of allylic oxidation sites excluding steroid dienone is 1. The second-order valence-corrected chi connectivity index (χ2v) is 12.9. The predicted molar refractivity (Wildman–Crippen MR) is 153 cm³/mol. The Morgan fingerprint density at radius 2 is 1.95 bits per heavy atom. The molecule has 1 aromatic rings. The summed E-state index contributed by atoms with van der Waals surface area (Å²) >= 11 is 1.54. The van der Waals surface area contributed by atoms with E-state index in [2.05, 4.69) is 10.3 Å². The van der Waals surface area contributed by atoms with Gasteiger partial charge in [0.15, 0.2) is 0 Å². The zero-order valence-electron chi connectivity index (χ0n) is 24.6. The summed E-state index contributed by atoms with van der Waals surface area (Å²) in [5.41, 5.74) is 1.30. The van der Waals surface area contributed by atoms with Crippen LogP contribution >= 0.6 is 11.3 Å². The van der Waals surface area contributed by atoms with E-state index < -0.39 is 35.6 Å². The average Bonchev–Trinajstić information content (AvgIpc) is 3.40. The molecule has 1 saturated carbocycles.